The number of likely N-dealkylation sites (N-methyl/N-ethyl adjacent to an activating group) is 1. The van der Waals surface area contributed by atoms with Crippen molar-refractivity contribution in [2.24, 2.45) is 0 Å². The first kappa shape index (κ1) is 15.6. The maximum atomic E-state index is 13.9. The van der Waals surface area contributed by atoms with E-state index < -0.39 is 17.7 Å². The van der Waals surface area contributed by atoms with Gasteiger partial charge in [-0.05, 0) is 26.0 Å². The van der Waals surface area contributed by atoms with E-state index in [1.807, 2.05) is 0 Å². The van der Waals surface area contributed by atoms with Gasteiger partial charge in [0, 0.05) is 24.9 Å². The molecule has 1 saturated heterocycles. The summed E-state index contributed by atoms with van der Waals surface area (Å²) in [6.07, 6.45) is 1.99. The van der Waals surface area contributed by atoms with Crippen LogP contribution in [0, 0.1) is 11.6 Å². The van der Waals surface area contributed by atoms with Crippen LogP contribution in [0.5, 0.6) is 0 Å². The van der Waals surface area contributed by atoms with Gasteiger partial charge in [-0.25, -0.2) is 8.78 Å². The van der Waals surface area contributed by atoms with E-state index in [2.05, 4.69) is 5.32 Å². The molecule has 0 aliphatic carbocycles. The van der Waals surface area contributed by atoms with Crippen molar-refractivity contribution in [3.63, 3.8) is 0 Å². The molecule has 0 aromatic heterocycles. The Bertz CT molecular complexity index is 530. The number of rotatable bonds is 4. The molecule has 21 heavy (non-hydrogen) atoms. The van der Waals surface area contributed by atoms with Gasteiger partial charge in [-0.2, -0.15) is 0 Å². The van der Waals surface area contributed by atoms with Gasteiger partial charge < -0.3 is 5.32 Å². The van der Waals surface area contributed by atoms with Gasteiger partial charge in [-0.3, -0.25) is 14.5 Å². The number of imide groups is 1. The van der Waals surface area contributed by atoms with Crippen LogP contribution in [0.2, 0.25) is 0 Å². The molecule has 1 unspecified atom stereocenters. The molecule has 1 aromatic rings. The summed E-state index contributed by atoms with van der Waals surface area (Å²) in [5.74, 6) is -2.41. The van der Waals surface area contributed by atoms with Gasteiger partial charge in [0.2, 0.25) is 11.8 Å². The third-order valence-electron chi connectivity index (χ3n) is 3.70. The topological polar surface area (TPSA) is 49.4 Å². The summed E-state index contributed by atoms with van der Waals surface area (Å²) in [5.41, 5.74) is 0.113. The number of carbonyl (C=O) groups excluding carboxylic acids is 2. The molecular weight excluding hydrogens is 278 g/mol. The van der Waals surface area contributed by atoms with Gasteiger partial charge in [-0.1, -0.05) is 12.1 Å². The zero-order valence-electron chi connectivity index (χ0n) is 11.9. The smallest absolute Gasteiger partial charge is 0.229 e. The average Bonchev–Trinajstić information content (AvgIpc) is 2.62. The molecule has 114 valence electrons. The fraction of sp³-hybridized carbons (Fsp3) is 0.467. The van der Waals surface area contributed by atoms with Crippen LogP contribution >= 0.6 is 0 Å². The normalized spacial score (nSPS) is 17.8. The predicted molar refractivity (Wildman–Crippen MR) is 73.3 cm³/mol. The van der Waals surface area contributed by atoms with Crippen molar-refractivity contribution in [1.29, 1.82) is 0 Å². The Balaban J connectivity index is 2.23. The largest absolute Gasteiger partial charge is 0.311 e. The molecule has 0 spiro atoms. The number of nitrogens with one attached hydrogen (secondary N) is 1. The van der Waals surface area contributed by atoms with Gasteiger partial charge in [0.15, 0.2) is 11.6 Å². The lowest BCUT2D eigenvalue weighted by Gasteiger charge is -2.25. The molecule has 1 aliphatic heterocycles. The summed E-state index contributed by atoms with van der Waals surface area (Å²) in [6, 6.07) is 3.26. The highest BCUT2D eigenvalue weighted by Crippen LogP contribution is 2.22. The minimum Gasteiger partial charge on any atom is -0.311 e. The first-order chi connectivity index (χ1) is 10.0. The fourth-order valence-electron chi connectivity index (χ4n) is 2.48. The molecule has 1 fully saturated rings. The monoisotopic (exact) mass is 296 g/mol. The van der Waals surface area contributed by atoms with Crippen LogP contribution in [0.1, 0.15) is 37.3 Å². The lowest BCUT2D eigenvalue weighted by Crippen LogP contribution is -2.41. The maximum Gasteiger partial charge on any atom is 0.229 e. The predicted octanol–water partition coefficient (Wildman–Crippen LogP) is 2.15. The van der Waals surface area contributed by atoms with E-state index in [1.165, 1.54) is 12.1 Å². The average molecular weight is 296 g/mol. The van der Waals surface area contributed by atoms with Crippen LogP contribution in [0.4, 0.5) is 8.78 Å². The van der Waals surface area contributed by atoms with E-state index in [0.29, 0.717) is 25.7 Å². The highest BCUT2D eigenvalue weighted by molar-refractivity contribution is 5.96. The lowest BCUT2D eigenvalue weighted by atomic mass is 10.1. The molecule has 1 N–H and O–H groups in total. The molecular formula is C15H18F2N2O2. The second kappa shape index (κ2) is 6.76. The Kier molecular flexibility index (Phi) is 5.01. The molecule has 6 heteroatoms. The number of halogens is 2. The Morgan fingerprint density at radius 3 is 2.38 bits per heavy atom. The van der Waals surface area contributed by atoms with E-state index in [1.54, 1.807) is 7.05 Å². The number of carbonyl (C=O) groups is 2. The molecule has 2 amide bonds. The van der Waals surface area contributed by atoms with E-state index in [-0.39, 0.29) is 23.9 Å². The van der Waals surface area contributed by atoms with E-state index in [4.69, 9.17) is 0 Å². The summed E-state index contributed by atoms with van der Waals surface area (Å²) < 4.78 is 27.2. The number of nitrogens with zero attached hydrogens (tertiary/aromatic N) is 1. The first-order valence-corrected chi connectivity index (χ1v) is 6.99. The minimum absolute atomic E-state index is 0.00847. The fourth-order valence-corrected chi connectivity index (χ4v) is 2.48. The zero-order chi connectivity index (χ0) is 15.4. The molecule has 2 rings (SSSR count). The molecule has 1 aliphatic rings. The summed E-state index contributed by atoms with van der Waals surface area (Å²) in [4.78, 5) is 25.1. The summed E-state index contributed by atoms with van der Waals surface area (Å²) in [6.45, 7) is 0.00847. The number of amides is 2. The Hall–Kier alpha value is -1.82. The van der Waals surface area contributed by atoms with Gasteiger partial charge in [0.05, 0.1) is 6.04 Å². The summed E-state index contributed by atoms with van der Waals surface area (Å²) in [7, 11) is 1.59. The molecule has 1 heterocycles. The van der Waals surface area contributed by atoms with Crippen molar-refractivity contribution in [2.75, 3.05) is 13.6 Å². The maximum absolute atomic E-state index is 13.9. The highest BCUT2D eigenvalue weighted by Gasteiger charge is 2.28. The summed E-state index contributed by atoms with van der Waals surface area (Å²) in [5, 5.41) is 2.84. The quantitative estimate of drug-likeness (QED) is 0.866. The summed E-state index contributed by atoms with van der Waals surface area (Å²) >= 11 is 0. The molecule has 4 nitrogen and oxygen atoms in total. The number of hydrogen-bond acceptors (Lipinski definition) is 3. The van der Waals surface area contributed by atoms with Crippen LogP contribution in [-0.4, -0.2) is 30.3 Å². The van der Waals surface area contributed by atoms with E-state index >= 15 is 0 Å². The number of likely N-dealkylation sites (tertiary alicyclic amines) is 1. The molecule has 1 aromatic carbocycles. The van der Waals surface area contributed by atoms with Gasteiger partial charge in [-0.15, -0.1) is 0 Å². The molecule has 0 radical (unpaired) electrons. The Morgan fingerprint density at radius 1 is 1.19 bits per heavy atom. The van der Waals surface area contributed by atoms with Crippen LogP contribution < -0.4 is 5.32 Å². The van der Waals surface area contributed by atoms with Gasteiger partial charge in [0.1, 0.15) is 0 Å². The van der Waals surface area contributed by atoms with Crippen LogP contribution in [-0.2, 0) is 9.59 Å². The highest BCUT2D eigenvalue weighted by atomic mass is 19.2. The van der Waals surface area contributed by atoms with Crippen LogP contribution in [0.25, 0.3) is 0 Å². The Morgan fingerprint density at radius 2 is 1.81 bits per heavy atom. The third kappa shape index (κ3) is 3.44. The first-order valence-electron chi connectivity index (χ1n) is 6.99. The van der Waals surface area contributed by atoms with E-state index in [0.717, 1.165) is 11.0 Å². The molecule has 0 saturated carbocycles. The van der Waals surface area contributed by atoms with Crippen molar-refractivity contribution >= 4 is 11.8 Å². The molecule has 0 bridgehead atoms. The van der Waals surface area contributed by atoms with Gasteiger partial charge >= 0.3 is 0 Å². The standard InChI is InChI=1S/C15H18F2N2O2/c1-18-12(10-5-4-6-11(16)15(10)17)9-19-13(20)7-2-3-8-14(19)21/h4-6,12,18H,2-3,7-9H2,1H3. The number of benzene rings is 1. The number of hydrogen-bond donors (Lipinski definition) is 1. The van der Waals surface area contributed by atoms with Crippen molar-refractivity contribution in [2.45, 2.75) is 31.7 Å². The SMILES string of the molecule is CNC(CN1C(=O)CCCCC1=O)c1cccc(F)c1F. The van der Waals surface area contributed by atoms with Crippen molar-refractivity contribution in [3.05, 3.63) is 35.4 Å². The van der Waals surface area contributed by atoms with Crippen LogP contribution in [0.3, 0.4) is 0 Å². The third-order valence-corrected chi connectivity index (χ3v) is 3.70. The van der Waals surface area contributed by atoms with Crippen molar-refractivity contribution in [3.8, 4) is 0 Å². The van der Waals surface area contributed by atoms with Crippen molar-refractivity contribution in [1.82, 2.24) is 10.2 Å². The van der Waals surface area contributed by atoms with Crippen molar-refractivity contribution < 1.29 is 18.4 Å². The zero-order valence-corrected chi connectivity index (χ0v) is 11.9. The second-order valence-corrected chi connectivity index (χ2v) is 5.09. The lowest BCUT2D eigenvalue weighted by molar-refractivity contribution is -0.144. The Labute approximate surface area is 122 Å². The van der Waals surface area contributed by atoms with Crippen LogP contribution in [0.15, 0.2) is 18.2 Å². The minimum atomic E-state index is -0.952. The van der Waals surface area contributed by atoms with Gasteiger partial charge in [0.25, 0.3) is 0 Å². The van der Waals surface area contributed by atoms with E-state index in [9.17, 15) is 18.4 Å². The second-order valence-electron chi connectivity index (χ2n) is 5.09. The molecule has 1 atom stereocenters.